The number of aliphatic hydroxyl groups excluding tert-OH is 1. The zero-order valence-electron chi connectivity index (χ0n) is 20.8. The average Bonchev–Trinajstić information content (AvgIpc) is 2.92. The number of anilines is 1. The van der Waals surface area contributed by atoms with Crippen LogP contribution in [0.4, 0.5) is 10.1 Å². The summed E-state index contributed by atoms with van der Waals surface area (Å²) >= 11 is 0. The van der Waals surface area contributed by atoms with Crippen molar-refractivity contribution in [2.45, 2.75) is 25.0 Å². The van der Waals surface area contributed by atoms with Gasteiger partial charge in [0.1, 0.15) is 11.6 Å². The average molecular weight is 548 g/mol. The summed E-state index contributed by atoms with van der Waals surface area (Å²) in [5, 5.41) is 21.4. The second kappa shape index (κ2) is 10.8. The Hall–Kier alpha value is -3.81. The molecule has 39 heavy (non-hydrogen) atoms. The minimum atomic E-state index is -4.48. The van der Waals surface area contributed by atoms with Gasteiger partial charge in [-0.2, -0.15) is 0 Å². The number of para-hydroxylation sites is 1. The highest BCUT2D eigenvalue weighted by molar-refractivity contribution is 7.60. The van der Waals surface area contributed by atoms with E-state index >= 15 is 0 Å². The second-order valence-electron chi connectivity index (χ2n) is 9.59. The molecule has 4 aromatic carbocycles. The van der Waals surface area contributed by atoms with Gasteiger partial charge in [-0.25, -0.2) is 4.39 Å². The molecule has 0 radical (unpaired) electrons. The summed E-state index contributed by atoms with van der Waals surface area (Å²) < 4.78 is 26.4. The Balaban J connectivity index is 1.47. The van der Waals surface area contributed by atoms with E-state index in [2.05, 4.69) is 0 Å². The van der Waals surface area contributed by atoms with Crippen molar-refractivity contribution >= 4 is 24.5 Å². The number of β-lactam (4-membered cyclic amide) rings is 1. The van der Waals surface area contributed by atoms with Gasteiger partial charge in [-0.15, -0.1) is 0 Å². The number of carbonyl (C=O) groups excluding carboxylic acids is 1. The smallest absolute Gasteiger partial charge is 0.356 e. The van der Waals surface area contributed by atoms with E-state index in [-0.39, 0.29) is 22.6 Å². The van der Waals surface area contributed by atoms with E-state index in [0.717, 1.165) is 5.56 Å². The van der Waals surface area contributed by atoms with Crippen LogP contribution in [0.15, 0.2) is 97.1 Å². The Morgan fingerprint density at radius 2 is 1.62 bits per heavy atom. The van der Waals surface area contributed by atoms with Crippen LogP contribution in [0.2, 0.25) is 0 Å². The van der Waals surface area contributed by atoms with Crippen molar-refractivity contribution in [3.63, 3.8) is 0 Å². The normalized spacial score (nSPS) is 18.1. The molecule has 0 aliphatic carbocycles. The molecule has 1 amide bonds. The predicted molar refractivity (Wildman–Crippen MR) is 146 cm³/mol. The van der Waals surface area contributed by atoms with E-state index in [0.29, 0.717) is 29.5 Å². The third-order valence-corrected chi connectivity index (χ3v) is 8.07. The topological polar surface area (TPSA) is 118 Å². The van der Waals surface area contributed by atoms with Gasteiger partial charge in [-0.1, -0.05) is 66.7 Å². The first-order chi connectivity index (χ1) is 18.6. The van der Waals surface area contributed by atoms with Crippen molar-refractivity contribution in [1.82, 2.24) is 0 Å². The van der Waals surface area contributed by atoms with E-state index in [1.807, 2.05) is 30.3 Å². The molecule has 0 bridgehead atoms. The number of aliphatic hydroxyl groups is 1. The van der Waals surface area contributed by atoms with Gasteiger partial charge in [-0.3, -0.25) is 9.36 Å². The fourth-order valence-electron chi connectivity index (χ4n) is 5.14. The van der Waals surface area contributed by atoms with Crippen molar-refractivity contribution in [2.24, 2.45) is 5.92 Å². The third-order valence-electron chi connectivity index (χ3n) is 7.12. The zero-order valence-corrected chi connectivity index (χ0v) is 21.7. The second-order valence-corrected chi connectivity index (χ2v) is 11.2. The van der Waals surface area contributed by atoms with E-state index in [9.17, 15) is 33.7 Å². The summed E-state index contributed by atoms with van der Waals surface area (Å²) in [6, 6.07) is 25.1. The first kappa shape index (κ1) is 26.8. The Labute approximate surface area is 225 Å². The predicted octanol–water partition coefficient (Wildman–Crippen LogP) is 5.22. The van der Waals surface area contributed by atoms with Crippen molar-refractivity contribution < 1.29 is 33.7 Å². The van der Waals surface area contributed by atoms with Crippen molar-refractivity contribution in [3.05, 3.63) is 114 Å². The fraction of sp³-hybridized carbons (Fsp3) is 0.167. The van der Waals surface area contributed by atoms with Crippen LogP contribution >= 0.6 is 7.60 Å². The number of phenolic OH excluding ortho intramolecular Hbond substituents is 1. The van der Waals surface area contributed by atoms with Gasteiger partial charge >= 0.3 is 7.60 Å². The number of nitrogens with zero attached hydrogens (tertiary/aromatic N) is 1. The minimum Gasteiger partial charge on any atom is -0.507 e. The van der Waals surface area contributed by atoms with Crippen LogP contribution in [-0.2, 0) is 9.36 Å². The van der Waals surface area contributed by atoms with Crippen LogP contribution in [0.3, 0.4) is 0 Å². The molecule has 3 unspecified atom stereocenters. The molecule has 4 N–H and O–H groups in total. The molecule has 200 valence electrons. The van der Waals surface area contributed by atoms with Gasteiger partial charge in [0.2, 0.25) is 5.91 Å². The molecule has 1 fully saturated rings. The quantitative estimate of drug-likeness (QED) is 0.178. The molecule has 0 saturated carbocycles. The zero-order chi connectivity index (χ0) is 27.7. The van der Waals surface area contributed by atoms with Crippen molar-refractivity contribution in [2.75, 3.05) is 4.90 Å². The van der Waals surface area contributed by atoms with E-state index in [1.165, 1.54) is 47.4 Å². The monoisotopic (exact) mass is 547 g/mol. The summed E-state index contributed by atoms with van der Waals surface area (Å²) in [5.41, 5.74) is 2.22. The van der Waals surface area contributed by atoms with Crippen LogP contribution < -0.4 is 10.2 Å². The molecule has 7 nitrogen and oxygen atoms in total. The third kappa shape index (κ3) is 5.37. The molecule has 0 aromatic heterocycles. The van der Waals surface area contributed by atoms with Crippen molar-refractivity contribution in [3.8, 4) is 16.9 Å². The summed E-state index contributed by atoms with van der Waals surface area (Å²) in [4.78, 5) is 33.7. The first-order valence-corrected chi connectivity index (χ1v) is 14.1. The Morgan fingerprint density at radius 3 is 2.31 bits per heavy atom. The first-order valence-electron chi connectivity index (χ1n) is 12.4. The summed E-state index contributed by atoms with van der Waals surface area (Å²) in [7, 11) is -4.48. The van der Waals surface area contributed by atoms with Crippen molar-refractivity contribution in [1.29, 1.82) is 0 Å². The van der Waals surface area contributed by atoms with E-state index < -0.39 is 31.5 Å². The minimum absolute atomic E-state index is 0.130. The number of carbonyl (C=O) groups is 1. The maximum Gasteiger partial charge on any atom is 0.356 e. The molecular weight excluding hydrogens is 520 g/mol. The maximum atomic E-state index is 14.7. The maximum absolute atomic E-state index is 14.7. The molecule has 0 spiro atoms. The van der Waals surface area contributed by atoms with Crippen LogP contribution in [0.5, 0.6) is 5.75 Å². The van der Waals surface area contributed by atoms with Gasteiger partial charge in [0.05, 0.1) is 29.1 Å². The Bertz CT molecular complexity index is 1560. The number of amides is 1. The molecule has 1 aliphatic heterocycles. The molecule has 1 aliphatic rings. The number of halogens is 1. The van der Waals surface area contributed by atoms with Gasteiger partial charge in [0.25, 0.3) is 0 Å². The number of hydrogen-bond donors (Lipinski definition) is 4. The van der Waals surface area contributed by atoms with E-state index in [1.54, 1.807) is 24.3 Å². The molecule has 9 heteroatoms. The Morgan fingerprint density at radius 1 is 0.897 bits per heavy atom. The lowest BCUT2D eigenvalue weighted by molar-refractivity contribution is -0.131. The molecule has 4 aromatic rings. The molecule has 1 saturated heterocycles. The number of benzene rings is 4. The van der Waals surface area contributed by atoms with Gasteiger partial charge in [0.15, 0.2) is 0 Å². The van der Waals surface area contributed by atoms with Crippen LogP contribution in [0.1, 0.15) is 36.1 Å². The van der Waals surface area contributed by atoms with Crippen LogP contribution in [-0.4, -0.2) is 25.9 Å². The Kier molecular flexibility index (Phi) is 7.38. The van der Waals surface area contributed by atoms with E-state index in [4.69, 9.17) is 0 Å². The lowest BCUT2D eigenvalue weighted by Crippen LogP contribution is -2.55. The fourth-order valence-corrected chi connectivity index (χ4v) is 5.73. The SMILES string of the molecule is O=C1C(CCC(O)c2ccccc2)C(c2ccc(-c3cccc(P(=O)(O)O)c3)c(O)c2)N1c1ccccc1F. The number of phenols is 1. The lowest BCUT2D eigenvalue weighted by Gasteiger charge is -2.48. The lowest BCUT2D eigenvalue weighted by atomic mass is 9.78. The highest BCUT2D eigenvalue weighted by Crippen LogP contribution is 2.48. The molecule has 1 heterocycles. The van der Waals surface area contributed by atoms with Crippen LogP contribution in [0.25, 0.3) is 11.1 Å². The number of aromatic hydroxyl groups is 1. The van der Waals surface area contributed by atoms with Gasteiger partial charge in [-0.05, 0) is 59.9 Å². The standard InChI is InChI=1S/C30H27FNO6P/c31-25-11-4-5-12-26(25)32-29(24(30(32)35)15-16-27(33)19-7-2-1-3-8-19)21-13-14-23(28(34)18-21)20-9-6-10-22(17-20)39(36,37)38/h1-14,17-18,24,27,29,33-34H,15-16H2,(H2,36,37,38). The number of hydrogen-bond acceptors (Lipinski definition) is 4. The number of rotatable bonds is 8. The summed E-state index contributed by atoms with van der Waals surface area (Å²) in [6.07, 6.45) is -0.0993. The summed E-state index contributed by atoms with van der Waals surface area (Å²) in [5.74, 6) is -1.52. The van der Waals surface area contributed by atoms with Crippen LogP contribution in [0, 0.1) is 11.7 Å². The van der Waals surface area contributed by atoms with Gasteiger partial charge < -0.3 is 24.9 Å². The van der Waals surface area contributed by atoms with Gasteiger partial charge in [0, 0.05) is 5.56 Å². The molecule has 5 rings (SSSR count). The molecule has 3 atom stereocenters. The molecular formula is C30H27FNO6P. The highest BCUT2D eigenvalue weighted by atomic mass is 31.2. The largest absolute Gasteiger partial charge is 0.507 e. The highest BCUT2D eigenvalue weighted by Gasteiger charge is 2.49. The summed E-state index contributed by atoms with van der Waals surface area (Å²) in [6.45, 7) is 0.